The molecular formula is C21H28N4O2. The zero-order valence-corrected chi connectivity index (χ0v) is 16.1. The summed E-state index contributed by atoms with van der Waals surface area (Å²) in [6.07, 6.45) is 9.31. The minimum atomic E-state index is 0.0461. The molecule has 144 valence electrons. The van der Waals surface area contributed by atoms with Crippen LogP contribution in [0.1, 0.15) is 55.9 Å². The predicted molar refractivity (Wildman–Crippen MR) is 103 cm³/mol. The van der Waals surface area contributed by atoms with Gasteiger partial charge in [0.05, 0.1) is 6.20 Å². The Morgan fingerprint density at radius 2 is 2.15 bits per heavy atom. The first-order valence-corrected chi connectivity index (χ1v) is 10.1. The molecule has 2 saturated heterocycles. The largest absolute Gasteiger partial charge is 0.342 e. The topological polar surface area (TPSA) is 57.9 Å². The van der Waals surface area contributed by atoms with Gasteiger partial charge in [-0.3, -0.25) is 14.0 Å². The predicted octanol–water partition coefficient (Wildman–Crippen LogP) is 2.98. The summed E-state index contributed by atoms with van der Waals surface area (Å²) in [5, 5.41) is 0. The van der Waals surface area contributed by atoms with Crippen molar-refractivity contribution in [2.75, 3.05) is 26.2 Å². The molecule has 0 bridgehead atoms. The number of nitrogens with zero attached hydrogens (tertiary/aromatic N) is 4. The van der Waals surface area contributed by atoms with E-state index in [9.17, 15) is 9.59 Å². The summed E-state index contributed by atoms with van der Waals surface area (Å²) in [7, 11) is 0. The standard InChI is InChI=1S/C21H28N4O2/c1-2-3-11-23-15-21(10-8-19(23)26)9-6-12-24(16-21)20(27)17-14-22-18-7-4-5-13-25(17)18/h4-5,7,13-14H,2-3,6,8-12,15-16H2,1H3/t21-/m0/s1. The Bertz CT molecular complexity index is 846. The molecule has 2 fully saturated rings. The number of fused-ring (bicyclic) bond motifs is 1. The number of piperidine rings is 2. The van der Waals surface area contributed by atoms with E-state index in [1.54, 1.807) is 6.20 Å². The molecule has 2 aliphatic rings. The lowest BCUT2D eigenvalue weighted by Gasteiger charge is -2.48. The van der Waals surface area contributed by atoms with Crippen molar-refractivity contribution in [1.29, 1.82) is 0 Å². The fraction of sp³-hybridized carbons (Fsp3) is 0.571. The first kappa shape index (κ1) is 18.0. The molecule has 2 aromatic heterocycles. The van der Waals surface area contributed by atoms with E-state index in [0.717, 1.165) is 63.9 Å². The maximum Gasteiger partial charge on any atom is 0.272 e. The fourth-order valence-electron chi connectivity index (χ4n) is 4.62. The van der Waals surface area contributed by atoms with E-state index in [1.807, 2.05) is 38.6 Å². The van der Waals surface area contributed by atoms with Crippen molar-refractivity contribution in [1.82, 2.24) is 19.2 Å². The summed E-state index contributed by atoms with van der Waals surface area (Å²) in [4.78, 5) is 33.9. The zero-order valence-electron chi connectivity index (χ0n) is 16.1. The molecule has 1 spiro atoms. The number of likely N-dealkylation sites (tertiary alicyclic amines) is 2. The second-order valence-corrected chi connectivity index (χ2v) is 8.07. The van der Waals surface area contributed by atoms with Crippen LogP contribution in [0.15, 0.2) is 30.6 Å². The number of unbranched alkanes of at least 4 members (excludes halogenated alkanes) is 1. The van der Waals surface area contributed by atoms with Gasteiger partial charge in [-0.25, -0.2) is 4.98 Å². The summed E-state index contributed by atoms with van der Waals surface area (Å²) >= 11 is 0. The molecule has 0 saturated carbocycles. The van der Waals surface area contributed by atoms with Gasteiger partial charge in [0.1, 0.15) is 11.3 Å². The van der Waals surface area contributed by atoms with Crippen LogP contribution < -0.4 is 0 Å². The monoisotopic (exact) mass is 368 g/mol. The van der Waals surface area contributed by atoms with Gasteiger partial charge in [0, 0.05) is 44.2 Å². The Hall–Kier alpha value is -2.37. The lowest BCUT2D eigenvalue weighted by atomic mass is 9.73. The minimum Gasteiger partial charge on any atom is -0.342 e. The van der Waals surface area contributed by atoms with Crippen LogP contribution in [-0.2, 0) is 4.79 Å². The van der Waals surface area contributed by atoms with Crippen molar-refractivity contribution in [3.63, 3.8) is 0 Å². The van der Waals surface area contributed by atoms with Crippen LogP contribution in [-0.4, -0.2) is 57.2 Å². The summed E-state index contributed by atoms with van der Waals surface area (Å²) in [6, 6.07) is 5.75. The van der Waals surface area contributed by atoms with Gasteiger partial charge in [-0.2, -0.15) is 0 Å². The van der Waals surface area contributed by atoms with E-state index in [-0.39, 0.29) is 17.2 Å². The number of rotatable bonds is 4. The van der Waals surface area contributed by atoms with Gasteiger partial charge in [0.2, 0.25) is 5.91 Å². The number of carbonyl (C=O) groups is 2. The van der Waals surface area contributed by atoms with Gasteiger partial charge in [-0.15, -0.1) is 0 Å². The molecule has 0 N–H and O–H groups in total. The Balaban J connectivity index is 1.52. The smallest absolute Gasteiger partial charge is 0.272 e. The van der Waals surface area contributed by atoms with E-state index in [2.05, 4.69) is 11.9 Å². The highest BCUT2D eigenvalue weighted by atomic mass is 16.2. The van der Waals surface area contributed by atoms with Gasteiger partial charge in [-0.1, -0.05) is 19.4 Å². The molecule has 4 rings (SSSR count). The third-order valence-corrected chi connectivity index (χ3v) is 6.11. The summed E-state index contributed by atoms with van der Waals surface area (Å²) in [6.45, 7) is 5.31. The Morgan fingerprint density at radius 1 is 1.26 bits per heavy atom. The van der Waals surface area contributed by atoms with Crippen molar-refractivity contribution in [3.05, 3.63) is 36.3 Å². The number of hydrogen-bond acceptors (Lipinski definition) is 3. The van der Waals surface area contributed by atoms with Crippen LogP contribution in [0.25, 0.3) is 5.65 Å². The molecule has 6 nitrogen and oxygen atoms in total. The van der Waals surface area contributed by atoms with Crippen molar-refractivity contribution in [2.45, 2.75) is 45.4 Å². The average Bonchev–Trinajstić information content (AvgIpc) is 3.12. The van der Waals surface area contributed by atoms with Crippen LogP contribution in [0, 0.1) is 5.41 Å². The maximum atomic E-state index is 13.2. The first-order valence-electron chi connectivity index (χ1n) is 10.1. The second-order valence-electron chi connectivity index (χ2n) is 8.07. The molecule has 6 heteroatoms. The third-order valence-electron chi connectivity index (χ3n) is 6.11. The second kappa shape index (κ2) is 7.33. The van der Waals surface area contributed by atoms with Gasteiger partial charge < -0.3 is 9.80 Å². The molecule has 0 unspecified atom stereocenters. The SMILES string of the molecule is CCCCN1C[C@]2(CCCN(C(=O)c3cnc4ccccn34)C2)CCC1=O. The number of amides is 2. The Morgan fingerprint density at radius 3 is 3.00 bits per heavy atom. The van der Waals surface area contributed by atoms with Gasteiger partial charge >= 0.3 is 0 Å². The molecule has 0 radical (unpaired) electrons. The number of imidazole rings is 1. The molecule has 0 aliphatic carbocycles. The van der Waals surface area contributed by atoms with Crippen LogP contribution in [0.5, 0.6) is 0 Å². The third kappa shape index (κ3) is 3.45. The van der Waals surface area contributed by atoms with E-state index < -0.39 is 0 Å². The molecular weight excluding hydrogens is 340 g/mol. The highest BCUT2D eigenvalue weighted by molar-refractivity contribution is 5.93. The normalized spacial score (nSPS) is 23.4. The Labute approximate surface area is 160 Å². The van der Waals surface area contributed by atoms with E-state index in [1.165, 1.54) is 0 Å². The van der Waals surface area contributed by atoms with Crippen LogP contribution >= 0.6 is 0 Å². The molecule has 27 heavy (non-hydrogen) atoms. The summed E-state index contributed by atoms with van der Waals surface area (Å²) in [5.41, 5.74) is 1.47. The van der Waals surface area contributed by atoms with Gasteiger partial charge in [0.25, 0.3) is 5.91 Å². The summed E-state index contributed by atoms with van der Waals surface area (Å²) < 4.78 is 1.86. The number of carbonyl (C=O) groups excluding carboxylic acids is 2. The van der Waals surface area contributed by atoms with Crippen molar-refractivity contribution >= 4 is 17.5 Å². The fourth-order valence-corrected chi connectivity index (χ4v) is 4.62. The van der Waals surface area contributed by atoms with E-state index >= 15 is 0 Å². The minimum absolute atomic E-state index is 0.0461. The highest BCUT2D eigenvalue weighted by Gasteiger charge is 2.42. The van der Waals surface area contributed by atoms with Crippen molar-refractivity contribution in [3.8, 4) is 0 Å². The van der Waals surface area contributed by atoms with Gasteiger partial charge in [0.15, 0.2) is 0 Å². The van der Waals surface area contributed by atoms with Crippen molar-refractivity contribution in [2.24, 2.45) is 5.41 Å². The molecule has 2 aromatic rings. The molecule has 2 amide bonds. The molecule has 4 heterocycles. The number of hydrogen-bond donors (Lipinski definition) is 0. The quantitative estimate of drug-likeness (QED) is 0.834. The Kier molecular flexibility index (Phi) is 4.89. The molecule has 2 aliphatic heterocycles. The summed E-state index contributed by atoms with van der Waals surface area (Å²) in [5.74, 6) is 0.323. The lowest BCUT2D eigenvalue weighted by molar-refractivity contribution is -0.139. The first-order chi connectivity index (χ1) is 13.1. The van der Waals surface area contributed by atoms with Crippen molar-refractivity contribution < 1.29 is 9.59 Å². The average molecular weight is 368 g/mol. The van der Waals surface area contributed by atoms with E-state index in [4.69, 9.17) is 0 Å². The maximum absolute atomic E-state index is 13.2. The van der Waals surface area contributed by atoms with Crippen LogP contribution in [0.2, 0.25) is 0 Å². The molecule has 1 atom stereocenters. The van der Waals surface area contributed by atoms with Crippen LogP contribution in [0.3, 0.4) is 0 Å². The number of pyridine rings is 1. The highest BCUT2D eigenvalue weighted by Crippen LogP contribution is 2.39. The van der Waals surface area contributed by atoms with Gasteiger partial charge in [-0.05, 0) is 37.8 Å². The lowest BCUT2D eigenvalue weighted by Crippen LogP contribution is -2.55. The molecule has 0 aromatic carbocycles. The number of aromatic nitrogens is 2. The zero-order chi connectivity index (χ0) is 18.9. The van der Waals surface area contributed by atoms with E-state index in [0.29, 0.717) is 12.1 Å². The van der Waals surface area contributed by atoms with Crippen LogP contribution in [0.4, 0.5) is 0 Å².